The number of nitrogens with zero attached hydrogens (tertiary/aromatic N) is 2. The van der Waals surface area contributed by atoms with Crippen LogP contribution in [0, 0.1) is 6.92 Å². The van der Waals surface area contributed by atoms with Crippen LogP contribution < -0.4 is 15.4 Å². The molecule has 29 heavy (non-hydrogen) atoms. The number of benzene rings is 2. The van der Waals surface area contributed by atoms with Crippen molar-refractivity contribution in [3.8, 4) is 5.75 Å². The summed E-state index contributed by atoms with van der Waals surface area (Å²) in [5, 5.41) is 6.17. The van der Waals surface area contributed by atoms with E-state index in [4.69, 9.17) is 4.74 Å². The summed E-state index contributed by atoms with van der Waals surface area (Å²) in [5.74, 6) is 1.09. The summed E-state index contributed by atoms with van der Waals surface area (Å²) in [4.78, 5) is 20.9. The molecule has 1 amide bonds. The highest BCUT2D eigenvalue weighted by molar-refractivity contribution is 5.93. The molecule has 0 atom stereocenters. The Labute approximate surface area is 171 Å². The van der Waals surface area contributed by atoms with E-state index < -0.39 is 0 Å². The fourth-order valence-electron chi connectivity index (χ4n) is 3.07. The summed E-state index contributed by atoms with van der Waals surface area (Å²) in [6.45, 7) is 4.68. The van der Waals surface area contributed by atoms with E-state index in [0.717, 1.165) is 35.4 Å². The third-order valence-electron chi connectivity index (χ3n) is 4.72. The zero-order chi connectivity index (χ0) is 20.6. The van der Waals surface area contributed by atoms with Gasteiger partial charge in [-0.05, 0) is 48.6 Å². The van der Waals surface area contributed by atoms with Gasteiger partial charge in [-0.3, -0.25) is 4.79 Å². The molecular formula is C23H26N4O2. The standard InChI is InChI=1S/C23H26N4O2/c1-4-18-9-5-7-16(2)21(18)27-23-25-14-19(15-26-23)22(28)24-12-11-17-8-6-10-20(13-17)29-3/h5-10,13-15H,4,11-12H2,1-3H3,(H,24,28)(H,25,26,27). The summed E-state index contributed by atoms with van der Waals surface area (Å²) in [7, 11) is 1.64. The number of carbonyl (C=O) groups is 1. The van der Waals surface area contributed by atoms with E-state index in [0.29, 0.717) is 18.1 Å². The lowest BCUT2D eigenvalue weighted by Gasteiger charge is -2.13. The lowest BCUT2D eigenvalue weighted by molar-refractivity contribution is 0.0953. The maximum Gasteiger partial charge on any atom is 0.254 e. The number of rotatable bonds is 8. The van der Waals surface area contributed by atoms with E-state index in [1.807, 2.05) is 43.3 Å². The van der Waals surface area contributed by atoms with E-state index in [9.17, 15) is 4.79 Å². The lowest BCUT2D eigenvalue weighted by Crippen LogP contribution is -2.26. The van der Waals surface area contributed by atoms with Crippen LogP contribution in [0.5, 0.6) is 5.75 Å². The first-order valence-electron chi connectivity index (χ1n) is 9.69. The molecule has 0 aliphatic heterocycles. The van der Waals surface area contributed by atoms with Crippen molar-refractivity contribution in [1.29, 1.82) is 0 Å². The first-order valence-corrected chi connectivity index (χ1v) is 9.69. The lowest BCUT2D eigenvalue weighted by atomic mass is 10.1. The van der Waals surface area contributed by atoms with Gasteiger partial charge in [0.15, 0.2) is 0 Å². The number of carbonyl (C=O) groups excluding carboxylic acids is 1. The molecule has 6 nitrogen and oxygen atoms in total. The van der Waals surface area contributed by atoms with Crippen LogP contribution in [-0.2, 0) is 12.8 Å². The van der Waals surface area contributed by atoms with Crippen LogP contribution in [-0.4, -0.2) is 29.5 Å². The van der Waals surface area contributed by atoms with Gasteiger partial charge in [0.25, 0.3) is 5.91 Å². The highest BCUT2D eigenvalue weighted by Gasteiger charge is 2.09. The van der Waals surface area contributed by atoms with Gasteiger partial charge < -0.3 is 15.4 Å². The van der Waals surface area contributed by atoms with Crippen molar-refractivity contribution in [3.63, 3.8) is 0 Å². The van der Waals surface area contributed by atoms with Crippen molar-refractivity contribution < 1.29 is 9.53 Å². The van der Waals surface area contributed by atoms with Gasteiger partial charge in [0.1, 0.15) is 5.75 Å². The Morgan fingerprint density at radius 1 is 1.10 bits per heavy atom. The molecule has 6 heteroatoms. The molecule has 1 heterocycles. The van der Waals surface area contributed by atoms with Crippen LogP contribution in [0.4, 0.5) is 11.6 Å². The van der Waals surface area contributed by atoms with E-state index in [-0.39, 0.29) is 5.91 Å². The zero-order valence-corrected chi connectivity index (χ0v) is 17.0. The van der Waals surface area contributed by atoms with Crippen molar-refractivity contribution in [3.05, 3.63) is 77.1 Å². The number of aromatic nitrogens is 2. The highest BCUT2D eigenvalue weighted by atomic mass is 16.5. The van der Waals surface area contributed by atoms with Gasteiger partial charge in [0.05, 0.1) is 12.7 Å². The second-order valence-electron chi connectivity index (χ2n) is 6.74. The first-order chi connectivity index (χ1) is 14.1. The molecule has 3 aromatic rings. The van der Waals surface area contributed by atoms with Crippen LogP contribution in [0.3, 0.4) is 0 Å². The van der Waals surface area contributed by atoms with Crippen LogP contribution >= 0.6 is 0 Å². The fraction of sp³-hybridized carbons (Fsp3) is 0.261. The summed E-state index contributed by atoms with van der Waals surface area (Å²) < 4.78 is 5.22. The molecule has 1 aromatic heterocycles. The highest BCUT2D eigenvalue weighted by Crippen LogP contribution is 2.23. The smallest absolute Gasteiger partial charge is 0.254 e. The topological polar surface area (TPSA) is 76.1 Å². The van der Waals surface area contributed by atoms with Crippen LogP contribution in [0.1, 0.15) is 34.0 Å². The van der Waals surface area contributed by atoms with Crippen molar-refractivity contribution in [2.45, 2.75) is 26.7 Å². The summed E-state index contributed by atoms with van der Waals surface area (Å²) >= 11 is 0. The molecular weight excluding hydrogens is 364 g/mol. The van der Waals surface area contributed by atoms with E-state index in [2.05, 4.69) is 33.6 Å². The first kappa shape index (κ1) is 20.3. The van der Waals surface area contributed by atoms with E-state index >= 15 is 0 Å². The molecule has 0 saturated carbocycles. The number of aryl methyl sites for hydroxylation is 2. The number of nitrogens with one attached hydrogen (secondary N) is 2. The molecule has 150 valence electrons. The van der Waals surface area contributed by atoms with E-state index in [1.165, 1.54) is 5.56 Å². The normalized spacial score (nSPS) is 10.4. The Bertz CT molecular complexity index is 971. The van der Waals surface area contributed by atoms with Crippen LogP contribution in [0.2, 0.25) is 0 Å². The molecule has 0 spiro atoms. The monoisotopic (exact) mass is 390 g/mol. The Morgan fingerprint density at radius 2 is 1.86 bits per heavy atom. The van der Waals surface area contributed by atoms with Crippen molar-refractivity contribution in [1.82, 2.24) is 15.3 Å². The Kier molecular flexibility index (Phi) is 6.79. The largest absolute Gasteiger partial charge is 0.497 e. The van der Waals surface area contributed by atoms with Gasteiger partial charge in [-0.25, -0.2) is 9.97 Å². The van der Waals surface area contributed by atoms with Gasteiger partial charge in [0, 0.05) is 24.6 Å². The maximum absolute atomic E-state index is 12.3. The van der Waals surface area contributed by atoms with Gasteiger partial charge in [0.2, 0.25) is 5.95 Å². The maximum atomic E-state index is 12.3. The van der Waals surface area contributed by atoms with E-state index in [1.54, 1.807) is 19.5 Å². The van der Waals surface area contributed by atoms with Crippen molar-refractivity contribution in [2.75, 3.05) is 19.0 Å². The number of methoxy groups -OCH3 is 1. The zero-order valence-electron chi connectivity index (χ0n) is 17.0. The summed E-state index contributed by atoms with van der Waals surface area (Å²) in [5.41, 5.74) is 4.89. The number of hydrogen-bond donors (Lipinski definition) is 2. The van der Waals surface area contributed by atoms with Gasteiger partial charge in [-0.15, -0.1) is 0 Å². The van der Waals surface area contributed by atoms with Crippen molar-refractivity contribution in [2.24, 2.45) is 0 Å². The van der Waals surface area contributed by atoms with Crippen molar-refractivity contribution >= 4 is 17.5 Å². The second kappa shape index (κ2) is 9.68. The molecule has 0 aliphatic rings. The van der Waals surface area contributed by atoms with Crippen LogP contribution in [0.25, 0.3) is 0 Å². The molecule has 0 radical (unpaired) electrons. The third kappa shape index (κ3) is 5.31. The molecule has 0 saturated heterocycles. The summed E-state index contributed by atoms with van der Waals surface area (Å²) in [6, 6.07) is 14.0. The Hall–Kier alpha value is -3.41. The quantitative estimate of drug-likeness (QED) is 0.606. The van der Waals surface area contributed by atoms with Gasteiger partial charge >= 0.3 is 0 Å². The van der Waals surface area contributed by atoms with Gasteiger partial charge in [-0.1, -0.05) is 37.3 Å². The molecule has 0 fully saturated rings. The minimum Gasteiger partial charge on any atom is -0.497 e. The third-order valence-corrected chi connectivity index (χ3v) is 4.72. The number of anilines is 2. The average molecular weight is 390 g/mol. The predicted octanol–water partition coefficient (Wildman–Crippen LogP) is 4.07. The Balaban J connectivity index is 1.57. The molecule has 0 aliphatic carbocycles. The number of para-hydroxylation sites is 1. The van der Waals surface area contributed by atoms with Gasteiger partial charge in [-0.2, -0.15) is 0 Å². The number of hydrogen-bond acceptors (Lipinski definition) is 5. The minimum atomic E-state index is -0.190. The Morgan fingerprint density at radius 3 is 2.59 bits per heavy atom. The second-order valence-corrected chi connectivity index (χ2v) is 6.74. The number of amides is 1. The molecule has 0 unspecified atom stereocenters. The molecule has 2 aromatic carbocycles. The molecule has 2 N–H and O–H groups in total. The SMILES string of the molecule is CCc1cccc(C)c1Nc1ncc(C(=O)NCCc2cccc(OC)c2)cn1. The van der Waals surface area contributed by atoms with Crippen LogP contribution in [0.15, 0.2) is 54.9 Å². The predicted molar refractivity (Wildman–Crippen MR) is 115 cm³/mol. The summed E-state index contributed by atoms with van der Waals surface area (Å²) in [6.07, 6.45) is 4.72. The minimum absolute atomic E-state index is 0.190. The average Bonchev–Trinajstić information content (AvgIpc) is 2.75. The molecule has 0 bridgehead atoms. The fourth-order valence-corrected chi connectivity index (χ4v) is 3.07. The number of ether oxygens (including phenoxy) is 1. The molecule has 3 rings (SSSR count).